The number of amides is 2. The second-order valence-electron chi connectivity index (χ2n) is 4.79. The number of carbonyl (C=O) groups excluding carboxylic acids is 2. The van der Waals surface area contributed by atoms with Crippen LogP contribution in [0.2, 0.25) is 0 Å². The highest BCUT2D eigenvalue weighted by molar-refractivity contribution is 5.97. The SMILES string of the molecule is CC(=O)N(CC(=O)N1CCCC1)c1ccc(F)c(F)c1. The third-order valence-electron chi connectivity index (χ3n) is 3.35. The average molecular weight is 282 g/mol. The van der Waals surface area contributed by atoms with Crippen LogP contribution in [-0.2, 0) is 9.59 Å². The molecule has 1 fully saturated rings. The molecular weight excluding hydrogens is 266 g/mol. The van der Waals surface area contributed by atoms with E-state index in [4.69, 9.17) is 0 Å². The maximum atomic E-state index is 13.2. The summed E-state index contributed by atoms with van der Waals surface area (Å²) >= 11 is 0. The van der Waals surface area contributed by atoms with Crippen molar-refractivity contribution in [2.24, 2.45) is 0 Å². The summed E-state index contributed by atoms with van der Waals surface area (Å²) in [5.41, 5.74) is 0.184. The molecule has 1 aromatic carbocycles. The molecule has 0 radical (unpaired) electrons. The largest absolute Gasteiger partial charge is 0.341 e. The van der Waals surface area contributed by atoms with Gasteiger partial charge in [0.2, 0.25) is 11.8 Å². The molecule has 1 heterocycles. The lowest BCUT2D eigenvalue weighted by Gasteiger charge is -2.24. The predicted octanol–water partition coefficient (Wildman–Crippen LogP) is 1.94. The molecule has 108 valence electrons. The molecule has 0 aliphatic carbocycles. The van der Waals surface area contributed by atoms with Crippen LogP contribution in [0.25, 0.3) is 0 Å². The number of hydrogen-bond acceptors (Lipinski definition) is 2. The predicted molar refractivity (Wildman–Crippen MR) is 70.2 cm³/mol. The van der Waals surface area contributed by atoms with Gasteiger partial charge in [-0.05, 0) is 25.0 Å². The van der Waals surface area contributed by atoms with Crippen LogP contribution in [0.3, 0.4) is 0 Å². The van der Waals surface area contributed by atoms with Crippen molar-refractivity contribution in [3.8, 4) is 0 Å². The third-order valence-corrected chi connectivity index (χ3v) is 3.35. The van der Waals surface area contributed by atoms with Crippen molar-refractivity contribution in [1.29, 1.82) is 0 Å². The minimum absolute atomic E-state index is 0.152. The number of carbonyl (C=O) groups is 2. The summed E-state index contributed by atoms with van der Waals surface area (Å²) in [7, 11) is 0. The van der Waals surface area contributed by atoms with E-state index in [-0.39, 0.29) is 24.0 Å². The second kappa shape index (κ2) is 5.98. The average Bonchev–Trinajstić information content (AvgIpc) is 2.93. The molecular formula is C14H16F2N2O2. The highest BCUT2D eigenvalue weighted by Gasteiger charge is 2.23. The van der Waals surface area contributed by atoms with Crippen molar-refractivity contribution >= 4 is 17.5 Å². The van der Waals surface area contributed by atoms with E-state index < -0.39 is 11.6 Å². The Kier molecular flexibility index (Phi) is 4.32. The van der Waals surface area contributed by atoms with Crippen LogP contribution in [0.4, 0.5) is 14.5 Å². The van der Waals surface area contributed by atoms with Gasteiger partial charge in [-0.3, -0.25) is 9.59 Å². The summed E-state index contributed by atoms with van der Waals surface area (Å²) in [4.78, 5) is 26.5. The first-order valence-corrected chi connectivity index (χ1v) is 6.50. The number of likely N-dealkylation sites (tertiary alicyclic amines) is 1. The van der Waals surface area contributed by atoms with Crippen LogP contribution in [-0.4, -0.2) is 36.3 Å². The molecule has 2 rings (SSSR count). The van der Waals surface area contributed by atoms with Crippen LogP contribution >= 0.6 is 0 Å². The van der Waals surface area contributed by atoms with Crippen molar-refractivity contribution in [2.75, 3.05) is 24.5 Å². The van der Waals surface area contributed by atoms with Gasteiger partial charge in [-0.2, -0.15) is 0 Å². The fourth-order valence-electron chi connectivity index (χ4n) is 2.24. The lowest BCUT2D eigenvalue weighted by molar-refractivity contribution is -0.130. The van der Waals surface area contributed by atoms with E-state index in [1.165, 1.54) is 13.0 Å². The van der Waals surface area contributed by atoms with Gasteiger partial charge >= 0.3 is 0 Å². The minimum Gasteiger partial charge on any atom is -0.341 e. The van der Waals surface area contributed by atoms with E-state index in [2.05, 4.69) is 0 Å². The number of nitrogens with zero attached hydrogens (tertiary/aromatic N) is 2. The molecule has 1 aliphatic rings. The second-order valence-corrected chi connectivity index (χ2v) is 4.79. The maximum Gasteiger partial charge on any atom is 0.242 e. The molecule has 0 spiro atoms. The van der Waals surface area contributed by atoms with E-state index in [1.807, 2.05) is 0 Å². The zero-order valence-electron chi connectivity index (χ0n) is 11.2. The lowest BCUT2D eigenvalue weighted by atomic mass is 10.2. The van der Waals surface area contributed by atoms with Crippen molar-refractivity contribution in [2.45, 2.75) is 19.8 Å². The van der Waals surface area contributed by atoms with E-state index in [9.17, 15) is 18.4 Å². The van der Waals surface area contributed by atoms with E-state index >= 15 is 0 Å². The van der Waals surface area contributed by atoms with Gasteiger partial charge in [0, 0.05) is 31.8 Å². The smallest absolute Gasteiger partial charge is 0.242 e. The fraction of sp³-hybridized carbons (Fsp3) is 0.429. The van der Waals surface area contributed by atoms with Gasteiger partial charge < -0.3 is 9.80 Å². The number of benzene rings is 1. The molecule has 0 atom stereocenters. The van der Waals surface area contributed by atoms with Gasteiger partial charge in [0.1, 0.15) is 6.54 Å². The Morgan fingerprint density at radius 1 is 1.20 bits per heavy atom. The van der Waals surface area contributed by atoms with E-state index in [1.54, 1.807) is 4.90 Å². The quantitative estimate of drug-likeness (QED) is 0.850. The maximum absolute atomic E-state index is 13.2. The lowest BCUT2D eigenvalue weighted by Crippen LogP contribution is -2.41. The topological polar surface area (TPSA) is 40.6 Å². The summed E-state index contributed by atoms with van der Waals surface area (Å²) < 4.78 is 26.2. The minimum atomic E-state index is -1.04. The Morgan fingerprint density at radius 2 is 1.85 bits per heavy atom. The van der Waals surface area contributed by atoms with Crippen molar-refractivity contribution in [3.63, 3.8) is 0 Å². The number of anilines is 1. The third kappa shape index (κ3) is 3.12. The number of rotatable bonds is 3. The molecule has 0 bridgehead atoms. The molecule has 0 unspecified atom stereocenters. The van der Waals surface area contributed by atoms with Crippen molar-refractivity contribution in [1.82, 2.24) is 4.90 Å². The van der Waals surface area contributed by atoms with Gasteiger partial charge in [0.15, 0.2) is 11.6 Å². The Bertz CT molecular complexity index is 528. The van der Waals surface area contributed by atoms with Gasteiger partial charge in [-0.25, -0.2) is 8.78 Å². The molecule has 0 N–H and O–H groups in total. The van der Waals surface area contributed by atoms with Gasteiger partial charge in [-0.15, -0.1) is 0 Å². The van der Waals surface area contributed by atoms with Gasteiger partial charge in [-0.1, -0.05) is 0 Å². The van der Waals surface area contributed by atoms with Crippen LogP contribution < -0.4 is 4.90 Å². The normalized spacial score (nSPS) is 14.4. The summed E-state index contributed by atoms with van der Waals surface area (Å²) in [5.74, 6) is -2.59. The van der Waals surface area contributed by atoms with Crippen LogP contribution in [0, 0.1) is 11.6 Å². The Hall–Kier alpha value is -1.98. The Morgan fingerprint density at radius 3 is 2.40 bits per heavy atom. The first-order valence-electron chi connectivity index (χ1n) is 6.50. The monoisotopic (exact) mass is 282 g/mol. The number of halogens is 2. The molecule has 20 heavy (non-hydrogen) atoms. The molecule has 1 saturated heterocycles. The van der Waals surface area contributed by atoms with Gasteiger partial charge in [0.05, 0.1) is 0 Å². The number of hydrogen-bond donors (Lipinski definition) is 0. The van der Waals surface area contributed by atoms with Crippen molar-refractivity contribution in [3.05, 3.63) is 29.8 Å². The van der Waals surface area contributed by atoms with Gasteiger partial charge in [0.25, 0.3) is 0 Å². The van der Waals surface area contributed by atoms with E-state index in [0.29, 0.717) is 13.1 Å². The highest BCUT2D eigenvalue weighted by atomic mass is 19.2. The van der Waals surface area contributed by atoms with Crippen molar-refractivity contribution < 1.29 is 18.4 Å². The Balaban J connectivity index is 2.16. The summed E-state index contributed by atoms with van der Waals surface area (Å²) in [6, 6.07) is 3.16. The molecule has 6 heteroatoms. The van der Waals surface area contributed by atoms with Crippen LogP contribution in [0.5, 0.6) is 0 Å². The fourth-order valence-corrected chi connectivity index (χ4v) is 2.24. The first kappa shape index (κ1) is 14.4. The summed E-state index contributed by atoms with van der Waals surface area (Å²) in [6.45, 7) is 2.50. The van der Waals surface area contributed by atoms with Crippen LogP contribution in [0.1, 0.15) is 19.8 Å². The zero-order chi connectivity index (χ0) is 14.7. The highest BCUT2D eigenvalue weighted by Crippen LogP contribution is 2.19. The molecule has 0 saturated carbocycles. The standard InChI is InChI=1S/C14H16F2N2O2/c1-10(19)18(9-14(20)17-6-2-3-7-17)11-4-5-12(15)13(16)8-11/h4-5,8H,2-3,6-7,9H2,1H3. The molecule has 1 aliphatic heterocycles. The zero-order valence-corrected chi connectivity index (χ0v) is 11.2. The van der Waals surface area contributed by atoms with Crippen LogP contribution in [0.15, 0.2) is 18.2 Å². The molecule has 4 nitrogen and oxygen atoms in total. The molecule has 0 aromatic heterocycles. The summed E-state index contributed by atoms with van der Waals surface area (Å²) in [6.07, 6.45) is 1.91. The Labute approximate surface area is 116 Å². The molecule has 1 aromatic rings. The first-order chi connectivity index (χ1) is 9.49. The summed E-state index contributed by atoms with van der Waals surface area (Å²) in [5, 5.41) is 0. The van der Waals surface area contributed by atoms with E-state index in [0.717, 1.165) is 29.9 Å². The molecule has 2 amide bonds.